The van der Waals surface area contributed by atoms with Gasteiger partial charge in [0.15, 0.2) is 0 Å². The quantitative estimate of drug-likeness (QED) is 0.562. The Morgan fingerprint density at radius 3 is 2.40 bits per heavy atom. The highest BCUT2D eigenvalue weighted by Gasteiger charge is 2.12. The summed E-state index contributed by atoms with van der Waals surface area (Å²) in [6.07, 6.45) is 0.787. The summed E-state index contributed by atoms with van der Waals surface area (Å²) in [6, 6.07) is 6.90. The molecule has 0 aliphatic rings. The van der Waals surface area contributed by atoms with Crippen LogP contribution in [-0.2, 0) is 9.47 Å². The molecule has 0 fully saturated rings. The van der Waals surface area contributed by atoms with Crippen molar-refractivity contribution in [2.75, 3.05) is 51.6 Å². The smallest absolute Gasteiger partial charge is 0.321 e. The van der Waals surface area contributed by atoms with Crippen molar-refractivity contribution in [3.63, 3.8) is 0 Å². The number of nitrogens with zero attached hydrogens (tertiary/aromatic N) is 1. The van der Waals surface area contributed by atoms with Crippen molar-refractivity contribution in [1.82, 2.24) is 4.90 Å². The van der Waals surface area contributed by atoms with Crippen LogP contribution in [0.15, 0.2) is 24.3 Å². The van der Waals surface area contributed by atoms with Crippen LogP contribution >= 0.6 is 0 Å². The Kier molecular flexibility index (Phi) is 7.46. The molecule has 1 aromatic carbocycles. The molecule has 1 aromatic rings. The van der Waals surface area contributed by atoms with Gasteiger partial charge < -0.3 is 25.4 Å². The minimum atomic E-state index is -0.150. The molecule has 6 heteroatoms. The number of benzene rings is 1. The maximum absolute atomic E-state index is 12.2. The van der Waals surface area contributed by atoms with Crippen LogP contribution in [0.3, 0.4) is 0 Å². The van der Waals surface area contributed by atoms with E-state index >= 15 is 0 Å². The topological polar surface area (TPSA) is 76.8 Å². The van der Waals surface area contributed by atoms with Gasteiger partial charge in [-0.1, -0.05) is 0 Å². The minimum Gasteiger partial charge on any atom is -0.399 e. The number of urea groups is 1. The number of ether oxygens (including phenoxy) is 2. The van der Waals surface area contributed by atoms with Crippen molar-refractivity contribution in [1.29, 1.82) is 0 Å². The lowest BCUT2D eigenvalue weighted by molar-refractivity contribution is 0.143. The number of nitrogens with two attached hydrogens (primary N) is 1. The van der Waals surface area contributed by atoms with E-state index in [1.165, 1.54) is 0 Å². The third-order valence-corrected chi connectivity index (χ3v) is 2.79. The van der Waals surface area contributed by atoms with Gasteiger partial charge in [0.25, 0.3) is 0 Å². The molecule has 3 N–H and O–H groups in total. The Balaban J connectivity index is 2.54. The number of carbonyl (C=O) groups is 1. The monoisotopic (exact) mass is 281 g/mol. The number of nitrogens with one attached hydrogen (secondary N) is 1. The molecule has 0 radical (unpaired) electrons. The van der Waals surface area contributed by atoms with E-state index in [1.54, 1.807) is 43.4 Å². The number of rotatable bonds is 8. The Morgan fingerprint density at radius 2 is 1.80 bits per heavy atom. The molecule has 0 saturated heterocycles. The average molecular weight is 281 g/mol. The van der Waals surface area contributed by atoms with Gasteiger partial charge in [-0.05, 0) is 30.7 Å². The van der Waals surface area contributed by atoms with E-state index in [9.17, 15) is 4.79 Å². The van der Waals surface area contributed by atoms with Gasteiger partial charge >= 0.3 is 6.03 Å². The van der Waals surface area contributed by atoms with Gasteiger partial charge in [0, 0.05) is 45.3 Å². The zero-order chi connectivity index (χ0) is 14.8. The van der Waals surface area contributed by atoms with Crippen LogP contribution in [0.2, 0.25) is 0 Å². The third kappa shape index (κ3) is 5.90. The van der Waals surface area contributed by atoms with Crippen molar-refractivity contribution < 1.29 is 14.3 Å². The summed E-state index contributed by atoms with van der Waals surface area (Å²) in [5, 5.41) is 2.84. The third-order valence-electron chi connectivity index (χ3n) is 2.79. The van der Waals surface area contributed by atoms with E-state index < -0.39 is 0 Å². The van der Waals surface area contributed by atoms with E-state index in [0.29, 0.717) is 32.0 Å². The molecule has 0 aromatic heterocycles. The number of methoxy groups -OCH3 is 2. The van der Waals surface area contributed by atoms with Crippen molar-refractivity contribution in [3.8, 4) is 0 Å². The number of hydrogen-bond acceptors (Lipinski definition) is 4. The van der Waals surface area contributed by atoms with Gasteiger partial charge in [-0.15, -0.1) is 0 Å². The zero-order valence-electron chi connectivity index (χ0n) is 12.1. The lowest BCUT2D eigenvalue weighted by Gasteiger charge is -2.22. The van der Waals surface area contributed by atoms with Crippen LogP contribution in [0.25, 0.3) is 0 Å². The van der Waals surface area contributed by atoms with Crippen molar-refractivity contribution >= 4 is 17.4 Å². The average Bonchev–Trinajstić information content (AvgIpc) is 2.45. The number of anilines is 2. The lowest BCUT2D eigenvalue weighted by Crippen LogP contribution is -2.38. The van der Waals surface area contributed by atoms with Crippen LogP contribution in [0, 0.1) is 0 Å². The highest BCUT2D eigenvalue weighted by molar-refractivity contribution is 5.89. The Labute approximate surface area is 119 Å². The molecule has 0 unspecified atom stereocenters. The van der Waals surface area contributed by atoms with Gasteiger partial charge in [-0.3, -0.25) is 0 Å². The molecule has 20 heavy (non-hydrogen) atoms. The number of amides is 2. The summed E-state index contributed by atoms with van der Waals surface area (Å²) in [4.78, 5) is 13.9. The molecule has 0 aliphatic carbocycles. The van der Waals surface area contributed by atoms with Crippen LogP contribution < -0.4 is 11.1 Å². The van der Waals surface area contributed by atoms with Crippen molar-refractivity contribution in [3.05, 3.63) is 24.3 Å². The standard InChI is InChI=1S/C14H23N3O3/c1-19-10-3-8-17(9-11-20-2)14(18)16-13-6-4-12(15)5-7-13/h4-7H,3,8-11,15H2,1-2H3,(H,16,18). The summed E-state index contributed by atoms with van der Waals surface area (Å²) in [6.45, 7) is 2.29. The second-order valence-electron chi connectivity index (χ2n) is 4.38. The fraction of sp³-hybridized carbons (Fsp3) is 0.500. The molecule has 6 nitrogen and oxygen atoms in total. The molecular formula is C14H23N3O3. The van der Waals surface area contributed by atoms with Gasteiger partial charge in [0.05, 0.1) is 6.61 Å². The molecular weight excluding hydrogens is 258 g/mol. The summed E-state index contributed by atoms with van der Waals surface area (Å²) < 4.78 is 10.0. The molecule has 1 rings (SSSR count). The molecule has 2 amide bonds. The van der Waals surface area contributed by atoms with Gasteiger partial charge in [-0.25, -0.2) is 4.79 Å². The molecule has 0 heterocycles. The maximum Gasteiger partial charge on any atom is 0.321 e. The molecule has 0 bridgehead atoms. The molecule has 0 atom stereocenters. The van der Waals surface area contributed by atoms with Crippen LogP contribution in [0.5, 0.6) is 0 Å². The first kappa shape index (κ1) is 16.3. The second-order valence-corrected chi connectivity index (χ2v) is 4.38. The Morgan fingerprint density at radius 1 is 1.15 bits per heavy atom. The van der Waals surface area contributed by atoms with E-state index in [0.717, 1.165) is 12.1 Å². The molecule has 0 spiro atoms. The fourth-order valence-corrected chi connectivity index (χ4v) is 1.69. The summed E-state index contributed by atoms with van der Waals surface area (Å²) in [5.74, 6) is 0. The summed E-state index contributed by atoms with van der Waals surface area (Å²) in [5.41, 5.74) is 7.00. The first-order valence-corrected chi connectivity index (χ1v) is 6.56. The summed E-state index contributed by atoms with van der Waals surface area (Å²) in [7, 11) is 3.26. The fourth-order valence-electron chi connectivity index (χ4n) is 1.69. The normalized spacial score (nSPS) is 10.3. The molecule has 112 valence electrons. The number of nitrogen functional groups attached to an aromatic ring is 1. The predicted molar refractivity (Wildman–Crippen MR) is 79.8 cm³/mol. The van der Waals surface area contributed by atoms with Crippen LogP contribution in [0.4, 0.5) is 16.2 Å². The van der Waals surface area contributed by atoms with E-state index in [4.69, 9.17) is 15.2 Å². The highest BCUT2D eigenvalue weighted by Crippen LogP contribution is 2.11. The number of carbonyl (C=O) groups excluding carboxylic acids is 1. The van der Waals surface area contributed by atoms with Crippen LogP contribution in [0.1, 0.15) is 6.42 Å². The Bertz CT molecular complexity index is 395. The van der Waals surface area contributed by atoms with E-state index in [2.05, 4.69) is 5.32 Å². The lowest BCUT2D eigenvalue weighted by atomic mass is 10.3. The first-order valence-electron chi connectivity index (χ1n) is 6.56. The van der Waals surface area contributed by atoms with Gasteiger partial charge in [0.1, 0.15) is 0 Å². The second kappa shape index (κ2) is 9.17. The number of hydrogen-bond donors (Lipinski definition) is 2. The summed E-state index contributed by atoms with van der Waals surface area (Å²) >= 11 is 0. The maximum atomic E-state index is 12.2. The predicted octanol–water partition coefficient (Wildman–Crippen LogP) is 1.79. The molecule has 0 aliphatic heterocycles. The first-order chi connectivity index (χ1) is 9.67. The largest absolute Gasteiger partial charge is 0.399 e. The highest BCUT2D eigenvalue weighted by atomic mass is 16.5. The Hall–Kier alpha value is -1.79. The molecule has 0 saturated carbocycles. The van der Waals surface area contributed by atoms with E-state index in [-0.39, 0.29) is 6.03 Å². The van der Waals surface area contributed by atoms with Gasteiger partial charge in [-0.2, -0.15) is 0 Å². The van der Waals surface area contributed by atoms with Gasteiger partial charge in [0.2, 0.25) is 0 Å². The SMILES string of the molecule is COCCCN(CCOC)C(=O)Nc1ccc(N)cc1. The van der Waals surface area contributed by atoms with Crippen LogP contribution in [-0.4, -0.2) is 51.5 Å². The minimum absolute atomic E-state index is 0.150. The van der Waals surface area contributed by atoms with Crippen molar-refractivity contribution in [2.45, 2.75) is 6.42 Å². The van der Waals surface area contributed by atoms with E-state index in [1.807, 2.05) is 0 Å². The van der Waals surface area contributed by atoms with Crippen molar-refractivity contribution in [2.24, 2.45) is 0 Å². The zero-order valence-corrected chi connectivity index (χ0v) is 12.1.